The molecule has 0 saturated carbocycles. The van der Waals surface area contributed by atoms with Crippen LogP contribution in [-0.4, -0.2) is 51.6 Å². The number of phenols is 1. The molecular weight excluding hydrogens is 612 g/mol. The van der Waals surface area contributed by atoms with E-state index in [1.54, 1.807) is 30.3 Å². The number of primary amides is 1. The van der Waals surface area contributed by atoms with Crippen molar-refractivity contribution in [2.75, 3.05) is 11.9 Å². The molecule has 7 rings (SSSR count). The van der Waals surface area contributed by atoms with E-state index >= 15 is 0 Å². The normalized spacial score (nSPS) is 25.6. The predicted molar refractivity (Wildman–Crippen MR) is 173 cm³/mol. The third kappa shape index (κ3) is 4.82. The van der Waals surface area contributed by atoms with Gasteiger partial charge in [0.05, 0.1) is 18.6 Å². The summed E-state index contributed by atoms with van der Waals surface area (Å²) in [7, 11) is 0. The molecule has 2 saturated heterocycles. The summed E-state index contributed by atoms with van der Waals surface area (Å²) in [5.74, 6) is 1.45. The number of nitrogens with zero attached hydrogens (tertiary/aromatic N) is 1. The van der Waals surface area contributed by atoms with Gasteiger partial charge in [0.2, 0.25) is 5.91 Å². The zero-order valence-corrected chi connectivity index (χ0v) is 25.4. The molecule has 0 aromatic heterocycles. The summed E-state index contributed by atoms with van der Waals surface area (Å²) >= 11 is 0. The molecule has 2 fully saturated rings. The Morgan fingerprint density at radius 3 is 2.21 bits per heavy atom. The van der Waals surface area contributed by atoms with E-state index in [1.807, 2.05) is 65.6 Å². The van der Waals surface area contributed by atoms with Crippen LogP contribution in [0.4, 0.5) is 10.5 Å². The number of hydrogen-bond acceptors (Lipinski definition) is 7. The molecule has 4 aromatic rings. The van der Waals surface area contributed by atoms with Crippen LogP contribution < -0.4 is 16.4 Å². The minimum absolute atomic E-state index is 0.0182. The molecule has 6 N–H and O–H groups in total. The van der Waals surface area contributed by atoms with E-state index in [0.29, 0.717) is 27.9 Å². The summed E-state index contributed by atoms with van der Waals surface area (Å²) in [4.78, 5) is 55.4. The van der Waals surface area contributed by atoms with Gasteiger partial charge in [0.1, 0.15) is 29.2 Å². The van der Waals surface area contributed by atoms with E-state index in [4.69, 9.17) is 10.5 Å². The largest absolute Gasteiger partial charge is 0.508 e. The molecule has 0 radical (unpaired) electrons. The third-order valence-electron chi connectivity index (χ3n) is 9.37. The number of rotatable bonds is 5. The smallest absolute Gasteiger partial charge is 0.325 e. The summed E-state index contributed by atoms with van der Waals surface area (Å²) in [5.41, 5.74) is 6.50. The molecule has 0 aliphatic carbocycles. The number of carbonyl (C=O) groups is 4. The van der Waals surface area contributed by atoms with Crippen molar-refractivity contribution >= 4 is 29.6 Å². The first-order valence-electron chi connectivity index (χ1n) is 15.3. The minimum atomic E-state index is -1.84. The Morgan fingerprint density at radius 1 is 0.896 bits per heavy atom. The number of ether oxygens (including phenoxy) is 1. The van der Waals surface area contributed by atoms with E-state index in [-0.39, 0.29) is 12.3 Å². The minimum Gasteiger partial charge on any atom is -0.508 e. The van der Waals surface area contributed by atoms with Crippen molar-refractivity contribution in [2.45, 2.75) is 29.6 Å². The summed E-state index contributed by atoms with van der Waals surface area (Å²) in [5, 5.41) is 26.6. The first-order valence-corrected chi connectivity index (χ1v) is 15.3. The molecule has 1 spiro atoms. The van der Waals surface area contributed by atoms with Crippen molar-refractivity contribution in [3.05, 3.63) is 131 Å². The Morgan fingerprint density at radius 2 is 1.56 bits per heavy atom. The lowest BCUT2D eigenvalue weighted by molar-refractivity contribution is -0.179. The average molecular weight is 643 g/mol. The number of esters is 1. The van der Waals surface area contributed by atoms with E-state index in [0.717, 1.165) is 5.56 Å². The maximum atomic E-state index is 14.6. The molecular formula is C37H30N4O7. The molecule has 11 nitrogen and oxygen atoms in total. The highest BCUT2D eigenvalue weighted by Gasteiger charge is 2.74. The summed E-state index contributed by atoms with van der Waals surface area (Å²) in [6.07, 6.45) is -0.847. The number of nitrogens with two attached hydrogens (primary N) is 1. The van der Waals surface area contributed by atoms with Gasteiger partial charge in [0, 0.05) is 11.3 Å². The first-order chi connectivity index (χ1) is 23.2. The first kappa shape index (κ1) is 30.5. The molecule has 240 valence electrons. The van der Waals surface area contributed by atoms with Crippen molar-refractivity contribution in [1.29, 1.82) is 0 Å². The standard InChI is InChI=1S/C37H30N4O7/c38-36(47)39-19-7-8-21-13-18-27-26(20-21)37(35(46)40-27)28(33(43)44)30-34(45)48-31(23-11-5-2-6-12-23)29(22-9-3-1-4-10-22)41(30)32(37)24-14-16-25(42)17-15-24/h1-6,9-18,20,28-32,42H,19H2,(H,40,46)(H,43,44)(H3,38,39,47). The number of nitrogens with one attached hydrogen (secondary N) is 2. The zero-order chi connectivity index (χ0) is 33.6. The number of amides is 3. The Bertz CT molecular complexity index is 1990. The van der Waals surface area contributed by atoms with Crippen molar-refractivity contribution in [1.82, 2.24) is 10.2 Å². The fraction of sp³-hybridized carbons (Fsp3) is 0.189. The number of aliphatic carboxylic acids is 1. The maximum absolute atomic E-state index is 14.6. The van der Waals surface area contributed by atoms with E-state index < -0.39 is 59.4 Å². The van der Waals surface area contributed by atoms with Crippen LogP contribution in [0.2, 0.25) is 0 Å². The number of carboxylic acids is 1. The van der Waals surface area contributed by atoms with Crippen molar-refractivity contribution < 1.29 is 34.1 Å². The lowest BCUT2D eigenvalue weighted by Crippen LogP contribution is -2.52. The second kappa shape index (κ2) is 11.9. The monoisotopic (exact) mass is 642 g/mol. The van der Waals surface area contributed by atoms with Gasteiger partial charge in [0.15, 0.2) is 0 Å². The Kier molecular flexibility index (Phi) is 7.58. The molecule has 11 heteroatoms. The van der Waals surface area contributed by atoms with Gasteiger partial charge in [-0.2, -0.15) is 0 Å². The fourth-order valence-corrected chi connectivity index (χ4v) is 7.58. The number of benzene rings is 4. The highest BCUT2D eigenvalue weighted by atomic mass is 16.6. The Balaban J connectivity index is 1.51. The SMILES string of the molecule is NC(=O)NCC#Cc1ccc2c(c1)C1(C(=O)N2)C(C(=O)O)C2C(=O)OC(c3ccccc3)C(c3ccccc3)N2C1c1ccc(O)cc1. The van der Waals surface area contributed by atoms with Gasteiger partial charge < -0.3 is 31.3 Å². The molecule has 3 heterocycles. The average Bonchev–Trinajstić information content (AvgIpc) is 3.56. The van der Waals surface area contributed by atoms with Crippen LogP contribution in [0.15, 0.2) is 103 Å². The number of urea groups is 1. The van der Waals surface area contributed by atoms with E-state index in [1.165, 1.54) is 12.1 Å². The molecule has 48 heavy (non-hydrogen) atoms. The number of fused-ring (bicyclic) bond motifs is 3. The van der Waals surface area contributed by atoms with Crippen LogP contribution >= 0.6 is 0 Å². The van der Waals surface area contributed by atoms with Crippen LogP contribution in [0.25, 0.3) is 0 Å². The van der Waals surface area contributed by atoms with Gasteiger partial charge in [-0.25, -0.2) is 4.79 Å². The van der Waals surface area contributed by atoms with Gasteiger partial charge in [-0.3, -0.25) is 19.3 Å². The Hall–Kier alpha value is -6.12. The molecule has 6 unspecified atom stereocenters. The number of hydrogen-bond donors (Lipinski definition) is 5. The fourth-order valence-electron chi connectivity index (χ4n) is 7.58. The summed E-state index contributed by atoms with van der Waals surface area (Å²) in [6.45, 7) is -0.0239. The van der Waals surface area contributed by atoms with E-state index in [2.05, 4.69) is 22.5 Å². The number of carbonyl (C=O) groups excluding carboxylic acids is 3. The summed E-state index contributed by atoms with van der Waals surface area (Å²) < 4.78 is 6.19. The molecule has 0 bridgehead atoms. The van der Waals surface area contributed by atoms with Crippen molar-refractivity contribution in [3.8, 4) is 17.6 Å². The van der Waals surface area contributed by atoms with Crippen LogP contribution in [0.1, 0.15) is 46.0 Å². The molecule has 6 atom stereocenters. The molecule has 4 aromatic carbocycles. The lowest BCUT2D eigenvalue weighted by atomic mass is 9.65. The van der Waals surface area contributed by atoms with Crippen LogP contribution in [0.3, 0.4) is 0 Å². The number of cyclic esters (lactones) is 1. The van der Waals surface area contributed by atoms with Gasteiger partial charge in [0.25, 0.3) is 0 Å². The third-order valence-corrected chi connectivity index (χ3v) is 9.37. The number of anilines is 1. The topological polar surface area (TPSA) is 171 Å². The van der Waals surface area contributed by atoms with Gasteiger partial charge in [-0.05, 0) is 52.6 Å². The molecule has 3 amide bonds. The second-order valence-corrected chi connectivity index (χ2v) is 11.9. The summed E-state index contributed by atoms with van der Waals surface area (Å²) in [6, 6.07) is 26.0. The highest BCUT2D eigenvalue weighted by molar-refractivity contribution is 6.11. The predicted octanol–water partition coefficient (Wildman–Crippen LogP) is 3.77. The maximum Gasteiger partial charge on any atom is 0.325 e. The van der Waals surface area contributed by atoms with Crippen LogP contribution in [0.5, 0.6) is 5.75 Å². The van der Waals surface area contributed by atoms with Crippen molar-refractivity contribution in [2.24, 2.45) is 11.7 Å². The van der Waals surface area contributed by atoms with E-state index in [9.17, 15) is 29.4 Å². The second-order valence-electron chi connectivity index (χ2n) is 11.9. The number of morpholine rings is 1. The number of aromatic hydroxyl groups is 1. The molecule has 3 aliphatic rings. The zero-order valence-electron chi connectivity index (χ0n) is 25.4. The quantitative estimate of drug-likeness (QED) is 0.162. The molecule has 3 aliphatic heterocycles. The Labute approximate surface area is 275 Å². The lowest BCUT2D eigenvalue weighted by Gasteiger charge is -2.46. The van der Waals surface area contributed by atoms with Gasteiger partial charge >= 0.3 is 18.0 Å². The highest BCUT2D eigenvalue weighted by Crippen LogP contribution is 2.64. The van der Waals surface area contributed by atoms with Gasteiger partial charge in [-0.1, -0.05) is 84.6 Å². The number of phenolic OH excluding ortho intramolecular Hbond substituents is 1. The van der Waals surface area contributed by atoms with Crippen molar-refractivity contribution in [3.63, 3.8) is 0 Å². The van der Waals surface area contributed by atoms with Crippen LogP contribution in [0, 0.1) is 17.8 Å². The van der Waals surface area contributed by atoms with Crippen LogP contribution in [-0.2, 0) is 24.5 Å². The number of carboxylic acid groups (broad SMARTS) is 1. The van der Waals surface area contributed by atoms with Gasteiger partial charge in [-0.15, -0.1) is 0 Å².